The van der Waals surface area contributed by atoms with Gasteiger partial charge in [0, 0.05) is 0 Å². The van der Waals surface area contributed by atoms with E-state index in [0.29, 0.717) is 12.8 Å². The summed E-state index contributed by atoms with van der Waals surface area (Å²) in [5.74, 6) is 0. The second kappa shape index (κ2) is 6.21. The Bertz CT molecular complexity index is 266. The van der Waals surface area contributed by atoms with E-state index in [9.17, 15) is 24.1 Å². The van der Waals surface area contributed by atoms with E-state index < -0.39 is 43.0 Å². The average molecular weight is 270 g/mol. The zero-order valence-corrected chi connectivity index (χ0v) is 10.2. The highest BCUT2D eigenvalue weighted by molar-refractivity contribution is 5.05. The molecular weight excluding hydrogens is 250 g/mol. The SMILES string of the molecule is CCCCC1OC(CO)C(O)C(O)C1(O)C(F)F. The van der Waals surface area contributed by atoms with E-state index in [4.69, 9.17) is 9.84 Å². The molecule has 0 aromatic carbocycles. The Morgan fingerprint density at radius 1 is 1.33 bits per heavy atom. The number of hydrogen-bond acceptors (Lipinski definition) is 5. The maximum Gasteiger partial charge on any atom is 0.272 e. The lowest BCUT2D eigenvalue weighted by molar-refractivity contribution is -0.307. The fourth-order valence-electron chi connectivity index (χ4n) is 2.18. The number of halogens is 2. The van der Waals surface area contributed by atoms with Crippen molar-refractivity contribution in [3.63, 3.8) is 0 Å². The Balaban J connectivity index is 2.94. The van der Waals surface area contributed by atoms with Gasteiger partial charge in [-0.2, -0.15) is 0 Å². The van der Waals surface area contributed by atoms with Gasteiger partial charge in [-0.15, -0.1) is 0 Å². The Morgan fingerprint density at radius 3 is 2.39 bits per heavy atom. The van der Waals surface area contributed by atoms with Crippen LogP contribution in [-0.2, 0) is 4.74 Å². The van der Waals surface area contributed by atoms with Crippen LogP contribution in [0.1, 0.15) is 26.2 Å². The molecule has 1 saturated heterocycles. The van der Waals surface area contributed by atoms with E-state index in [0.717, 1.165) is 0 Å². The van der Waals surface area contributed by atoms with Crippen molar-refractivity contribution in [3.05, 3.63) is 0 Å². The number of aliphatic hydroxyl groups is 4. The van der Waals surface area contributed by atoms with Crippen LogP contribution in [0.4, 0.5) is 8.78 Å². The largest absolute Gasteiger partial charge is 0.394 e. The van der Waals surface area contributed by atoms with E-state index in [1.807, 2.05) is 6.92 Å². The number of aliphatic hydroxyl groups excluding tert-OH is 3. The first-order chi connectivity index (χ1) is 8.39. The second-order valence-corrected chi connectivity index (χ2v) is 4.61. The molecular formula is C11H20F2O5. The van der Waals surface area contributed by atoms with Crippen LogP contribution in [-0.4, -0.2) is 63.5 Å². The molecule has 18 heavy (non-hydrogen) atoms. The van der Waals surface area contributed by atoms with Crippen molar-refractivity contribution in [2.24, 2.45) is 0 Å². The Morgan fingerprint density at radius 2 is 1.94 bits per heavy atom. The van der Waals surface area contributed by atoms with Crippen LogP contribution in [0.15, 0.2) is 0 Å². The molecule has 0 radical (unpaired) electrons. The summed E-state index contributed by atoms with van der Waals surface area (Å²) in [4.78, 5) is 0. The fourth-order valence-corrected chi connectivity index (χ4v) is 2.18. The van der Waals surface area contributed by atoms with Crippen molar-refractivity contribution in [1.29, 1.82) is 0 Å². The summed E-state index contributed by atoms with van der Waals surface area (Å²) in [6.07, 6.45) is -8.16. The lowest BCUT2D eigenvalue weighted by atomic mass is 9.80. The van der Waals surface area contributed by atoms with Gasteiger partial charge in [-0.05, 0) is 6.42 Å². The molecule has 7 heteroatoms. The highest BCUT2D eigenvalue weighted by Crippen LogP contribution is 2.36. The molecule has 5 nitrogen and oxygen atoms in total. The van der Waals surface area contributed by atoms with E-state index in [1.54, 1.807) is 0 Å². The van der Waals surface area contributed by atoms with Gasteiger partial charge in [-0.1, -0.05) is 19.8 Å². The fraction of sp³-hybridized carbons (Fsp3) is 1.00. The molecule has 0 bridgehead atoms. The van der Waals surface area contributed by atoms with Gasteiger partial charge in [-0.3, -0.25) is 0 Å². The lowest BCUT2D eigenvalue weighted by Gasteiger charge is -2.47. The minimum absolute atomic E-state index is 0.123. The molecule has 1 rings (SSSR count). The zero-order chi connectivity index (χ0) is 13.9. The maximum absolute atomic E-state index is 13.0. The second-order valence-electron chi connectivity index (χ2n) is 4.61. The number of unbranched alkanes of at least 4 members (excludes halogenated alkanes) is 1. The smallest absolute Gasteiger partial charge is 0.272 e. The van der Waals surface area contributed by atoms with Crippen LogP contribution in [0.2, 0.25) is 0 Å². The van der Waals surface area contributed by atoms with Crippen LogP contribution in [0.3, 0.4) is 0 Å². The standard InChI is InChI=1S/C11H20F2O5/c1-2-3-4-7-11(17,10(12)13)9(16)8(15)6(5-14)18-7/h6-10,14-17H,2-5H2,1H3. The molecule has 1 aliphatic rings. The molecule has 0 spiro atoms. The summed E-state index contributed by atoms with van der Waals surface area (Å²) >= 11 is 0. The van der Waals surface area contributed by atoms with Gasteiger partial charge in [0.2, 0.25) is 0 Å². The summed E-state index contributed by atoms with van der Waals surface area (Å²) in [6, 6.07) is 0. The number of ether oxygens (including phenoxy) is 1. The summed E-state index contributed by atoms with van der Waals surface area (Å²) in [5, 5.41) is 38.1. The quantitative estimate of drug-likeness (QED) is 0.548. The Kier molecular flexibility index (Phi) is 5.42. The third-order valence-corrected chi connectivity index (χ3v) is 3.38. The summed E-state index contributed by atoms with van der Waals surface area (Å²) in [5.41, 5.74) is -2.81. The molecule has 108 valence electrons. The monoisotopic (exact) mass is 270 g/mol. The van der Waals surface area contributed by atoms with Gasteiger partial charge in [-0.25, -0.2) is 8.78 Å². The highest BCUT2D eigenvalue weighted by atomic mass is 19.3. The van der Waals surface area contributed by atoms with Gasteiger partial charge in [0.15, 0.2) is 5.60 Å². The highest BCUT2D eigenvalue weighted by Gasteiger charge is 2.59. The Labute approximate surface area is 104 Å². The van der Waals surface area contributed by atoms with Gasteiger partial charge in [0.25, 0.3) is 6.43 Å². The van der Waals surface area contributed by atoms with Crippen molar-refractivity contribution >= 4 is 0 Å². The Hall–Kier alpha value is -0.340. The molecule has 5 atom stereocenters. The molecule has 0 aromatic rings. The topological polar surface area (TPSA) is 90.2 Å². The van der Waals surface area contributed by atoms with Crippen molar-refractivity contribution in [3.8, 4) is 0 Å². The van der Waals surface area contributed by atoms with E-state index >= 15 is 0 Å². The molecule has 1 aliphatic heterocycles. The zero-order valence-electron chi connectivity index (χ0n) is 10.2. The maximum atomic E-state index is 13.0. The molecule has 1 fully saturated rings. The first-order valence-electron chi connectivity index (χ1n) is 6.02. The normalized spacial score (nSPS) is 41.3. The molecule has 4 N–H and O–H groups in total. The third-order valence-electron chi connectivity index (χ3n) is 3.38. The predicted octanol–water partition coefficient (Wildman–Crippen LogP) is -0.346. The minimum Gasteiger partial charge on any atom is -0.394 e. The number of alkyl halides is 2. The van der Waals surface area contributed by atoms with Crippen molar-refractivity contribution < 1.29 is 33.9 Å². The first-order valence-corrected chi connectivity index (χ1v) is 6.02. The molecule has 1 heterocycles. The van der Waals surface area contributed by atoms with Crippen molar-refractivity contribution in [2.45, 2.75) is 62.6 Å². The van der Waals surface area contributed by atoms with E-state index in [-0.39, 0.29) is 6.42 Å². The van der Waals surface area contributed by atoms with Crippen LogP contribution in [0, 0.1) is 0 Å². The average Bonchev–Trinajstić information content (AvgIpc) is 2.35. The van der Waals surface area contributed by atoms with Crippen LogP contribution >= 0.6 is 0 Å². The van der Waals surface area contributed by atoms with Crippen LogP contribution in [0.25, 0.3) is 0 Å². The molecule has 0 amide bonds. The molecule has 5 unspecified atom stereocenters. The predicted molar refractivity (Wildman–Crippen MR) is 58.2 cm³/mol. The summed E-state index contributed by atoms with van der Waals surface area (Å²) < 4.78 is 31.1. The number of hydrogen-bond donors (Lipinski definition) is 4. The van der Waals surface area contributed by atoms with Gasteiger partial charge in [0.1, 0.15) is 18.3 Å². The molecule has 0 aromatic heterocycles. The van der Waals surface area contributed by atoms with Gasteiger partial charge >= 0.3 is 0 Å². The molecule has 0 aliphatic carbocycles. The number of rotatable bonds is 5. The van der Waals surface area contributed by atoms with Gasteiger partial charge in [0.05, 0.1) is 12.7 Å². The first kappa shape index (κ1) is 15.7. The third kappa shape index (κ3) is 2.65. The van der Waals surface area contributed by atoms with E-state index in [1.165, 1.54) is 0 Å². The lowest BCUT2D eigenvalue weighted by Crippen LogP contribution is -2.69. The van der Waals surface area contributed by atoms with E-state index in [2.05, 4.69) is 0 Å². The van der Waals surface area contributed by atoms with Crippen LogP contribution < -0.4 is 0 Å². The van der Waals surface area contributed by atoms with Gasteiger partial charge < -0.3 is 25.2 Å². The van der Waals surface area contributed by atoms with Crippen molar-refractivity contribution in [1.82, 2.24) is 0 Å². The summed E-state index contributed by atoms with van der Waals surface area (Å²) in [6.45, 7) is 1.24. The molecule has 0 saturated carbocycles. The van der Waals surface area contributed by atoms with Crippen molar-refractivity contribution in [2.75, 3.05) is 6.61 Å². The van der Waals surface area contributed by atoms with Crippen LogP contribution in [0.5, 0.6) is 0 Å². The summed E-state index contributed by atoms with van der Waals surface area (Å²) in [7, 11) is 0. The minimum atomic E-state index is -3.25.